The van der Waals surface area contributed by atoms with E-state index in [1.54, 1.807) is 12.4 Å². The van der Waals surface area contributed by atoms with Gasteiger partial charge in [-0.25, -0.2) is 9.97 Å². The Hall–Kier alpha value is -3.21. The molecule has 0 aliphatic heterocycles. The maximum absolute atomic E-state index is 12.5. The van der Waals surface area contributed by atoms with Gasteiger partial charge in [0.2, 0.25) is 5.95 Å². The van der Waals surface area contributed by atoms with Crippen LogP contribution in [0, 0.1) is 6.92 Å². The van der Waals surface area contributed by atoms with Gasteiger partial charge in [-0.3, -0.25) is 4.79 Å². The zero-order valence-corrected chi connectivity index (χ0v) is 16.0. The molecule has 0 atom stereocenters. The Morgan fingerprint density at radius 1 is 0.964 bits per heavy atom. The smallest absolute Gasteiger partial charge is 0.251 e. The molecule has 2 aromatic carbocycles. The van der Waals surface area contributed by atoms with Crippen LogP contribution in [-0.2, 0) is 0 Å². The maximum Gasteiger partial charge on any atom is 0.251 e. The molecule has 1 aliphatic carbocycles. The van der Waals surface area contributed by atoms with Crippen LogP contribution in [0.25, 0.3) is 11.1 Å². The first-order chi connectivity index (χ1) is 13.7. The number of nitrogens with one attached hydrogen (secondary N) is 2. The Bertz CT molecular complexity index is 945. The van der Waals surface area contributed by atoms with Crippen LogP contribution in [-0.4, -0.2) is 21.9 Å². The van der Waals surface area contributed by atoms with Crippen LogP contribution in [0.4, 0.5) is 11.6 Å². The lowest BCUT2D eigenvalue weighted by Crippen LogP contribution is -2.32. The zero-order valence-electron chi connectivity index (χ0n) is 16.0. The van der Waals surface area contributed by atoms with Gasteiger partial charge in [0.05, 0.1) is 0 Å². The average molecular weight is 372 g/mol. The molecule has 2 N–H and O–H groups in total. The number of benzene rings is 2. The van der Waals surface area contributed by atoms with Gasteiger partial charge in [-0.2, -0.15) is 0 Å². The van der Waals surface area contributed by atoms with Gasteiger partial charge in [-0.05, 0) is 43.5 Å². The number of nitrogens with zero attached hydrogens (tertiary/aromatic N) is 2. The highest BCUT2D eigenvalue weighted by Crippen LogP contribution is 2.21. The van der Waals surface area contributed by atoms with Crippen LogP contribution >= 0.6 is 0 Å². The Morgan fingerprint density at radius 2 is 1.68 bits per heavy atom. The fraction of sp³-hybridized carbons (Fsp3) is 0.261. The lowest BCUT2D eigenvalue weighted by atomic mass is 10.1. The van der Waals surface area contributed by atoms with Gasteiger partial charge in [0.1, 0.15) is 0 Å². The molecule has 1 heterocycles. The van der Waals surface area contributed by atoms with Crippen molar-refractivity contribution in [3.05, 3.63) is 72.1 Å². The summed E-state index contributed by atoms with van der Waals surface area (Å²) < 4.78 is 0. The van der Waals surface area contributed by atoms with Gasteiger partial charge >= 0.3 is 0 Å². The summed E-state index contributed by atoms with van der Waals surface area (Å²) in [7, 11) is 0. The first kappa shape index (κ1) is 18.2. The number of carbonyl (C=O) groups excluding carboxylic acids is 1. The third-order valence-corrected chi connectivity index (χ3v) is 5.11. The van der Waals surface area contributed by atoms with Crippen molar-refractivity contribution in [2.45, 2.75) is 38.6 Å². The molecule has 1 saturated carbocycles. The molecular weight excluding hydrogens is 348 g/mol. The predicted molar refractivity (Wildman–Crippen MR) is 112 cm³/mol. The molecule has 3 aromatic rings. The van der Waals surface area contributed by atoms with Gasteiger partial charge in [0.25, 0.3) is 5.91 Å². The molecule has 0 unspecified atom stereocenters. The Labute approximate surface area is 165 Å². The lowest BCUT2D eigenvalue weighted by molar-refractivity contribution is 0.0938. The summed E-state index contributed by atoms with van der Waals surface area (Å²) >= 11 is 0. The second kappa shape index (κ2) is 8.21. The largest absolute Gasteiger partial charge is 0.349 e. The molecule has 1 amide bonds. The third kappa shape index (κ3) is 4.36. The molecule has 142 valence electrons. The highest BCUT2D eigenvalue weighted by Gasteiger charge is 2.18. The Balaban J connectivity index is 1.43. The van der Waals surface area contributed by atoms with Crippen molar-refractivity contribution in [3.63, 3.8) is 0 Å². The van der Waals surface area contributed by atoms with Crippen molar-refractivity contribution in [2.75, 3.05) is 5.32 Å². The summed E-state index contributed by atoms with van der Waals surface area (Å²) in [6.45, 7) is 2.06. The van der Waals surface area contributed by atoms with Gasteiger partial charge in [0, 0.05) is 35.2 Å². The first-order valence-electron chi connectivity index (χ1n) is 9.74. The summed E-state index contributed by atoms with van der Waals surface area (Å²) in [5, 5.41) is 6.30. The van der Waals surface area contributed by atoms with Crippen LogP contribution in [0.3, 0.4) is 0 Å². The number of hydrogen-bond donors (Lipinski definition) is 2. The minimum atomic E-state index is -0.0220. The van der Waals surface area contributed by atoms with E-state index in [4.69, 9.17) is 0 Å². The van der Waals surface area contributed by atoms with Crippen molar-refractivity contribution in [1.82, 2.24) is 15.3 Å². The normalized spacial score (nSPS) is 14.0. The van der Waals surface area contributed by atoms with E-state index < -0.39 is 0 Å². The topological polar surface area (TPSA) is 66.9 Å². The SMILES string of the molecule is Cc1ccc(-c2cnc(Nc3cccc(C(=O)NC4CCCC4)c3)nc2)cc1. The molecule has 1 aromatic heterocycles. The number of rotatable bonds is 5. The van der Waals surface area contributed by atoms with Crippen LogP contribution in [0.15, 0.2) is 60.9 Å². The van der Waals surface area contributed by atoms with Crippen molar-refractivity contribution >= 4 is 17.5 Å². The van der Waals surface area contributed by atoms with Crippen LogP contribution in [0.1, 0.15) is 41.6 Å². The van der Waals surface area contributed by atoms with E-state index in [9.17, 15) is 4.79 Å². The molecule has 0 saturated heterocycles. The highest BCUT2D eigenvalue weighted by atomic mass is 16.1. The van der Waals surface area contributed by atoms with Gasteiger partial charge in [0.15, 0.2) is 0 Å². The number of aromatic nitrogens is 2. The van der Waals surface area contributed by atoms with E-state index in [2.05, 4.69) is 51.8 Å². The number of carbonyl (C=O) groups is 1. The van der Waals surface area contributed by atoms with Crippen LogP contribution < -0.4 is 10.6 Å². The van der Waals surface area contributed by atoms with E-state index in [1.165, 1.54) is 18.4 Å². The monoisotopic (exact) mass is 372 g/mol. The number of anilines is 2. The molecule has 1 aliphatic rings. The Morgan fingerprint density at radius 3 is 2.39 bits per heavy atom. The Kier molecular flexibility index (Phi) is 5.33. The molecule has 5 heteroatoms. The lowest BCUT2D eigenvalue weighted by Gasteiger charge is -2.12. The molecule has 5 nitrogen and oxygen atoms in total. The quantitative estimate of drug-likeness (QED) is 0.671. The van der Waals surface area contributed by atoms with Gasteiger partial charge in [-0.1, -0.05) is 48.7 Å². The fourth-order valence-corrected chi connectivity index (χ4v) is 3.49. The van der Waals surface area contributed by atoms with E-state index in [0.717, 1.165) is 29.7 Å². The first-order valence-corrected chi connectivity index (χ1v) is 9.74. The van der Waals surface area contributed by atoms with E-state index in [-0.39, 0.29) is 5.91 Å². The summed E-state index contributed by atoms with van der Waals surface area (Å²) in [4.78, 5) is 21.3. The molecule has 0 bridgehead atoms. The summed E-state index contributed by atoms with van der Waals surface area (Å²) in [6.07, 6.45) is 8.15. The minimum Gasteiger partial charge on any atom is -0.349 e. The summed E-state index contributed by atoms with van der Waals surface area (Å²) in [6, 6.07) is 16.0. The van der Waals surface area contributed by atoms with Gasteiger partial charge in [-0.15, -0.1) is 0 Å². The van der Waals surface area contributed by atoms with Crippen LogP contribution in [0.5, 0.6) is 0 Å². The molecule has 0 spiro atoms. The fourth-order valence-electron chi connectivity index (χ4n) is 3.49. The second-order valence-electron chi connectivity index (χ2n) is 7.32. The molecule has 28 heavy (non-hydrogen) atoms. The van der Waals surface area contributed by atoms with Crippen molar-refractivity contribution in [3.8, 4) is 11.1 Å². The second-order valence-corrected chi connectivity index (χ2v) is 7.32. The van der Waals surface area contributed by atoms with Crippen LogP contribution in [0.2, 0.25) is 0 Å². The molecule has 1 fully saturated rings. The zero-order chi connectivity index (χ0) is 19.3. The number of hydrogen-bond acceptors (Lipinski definition) is 4. The minimum absolute atomic E-state index is 0.0220. The van der Waals surface area contributed by atoms with E-state index in [1.807, 2.05) is 24.3 Å². The van der Waals surface area contributed by atoms with Gasteiger partial charge < -0.3 is 10.6 Å². The summed E-state index contributed by atoms with van der Waals surface area (Å²) in [5.41, 5.74) is 4.72. The highest BCUT2D eigenvalue weighted by molar-refractivity contribution is 5.95. The summed E-state index contributed by atoms with van der Waals surface area (Å²) in [5.74, 6) is 0.482. The molecule has 0 radical (unpaired) electrons. The number of aryl methyl sites for hydroxylation is 1. The van der Waals surface area contributed by atoms with Crippen molar-refractivity contribution in [2.24, 2.45) is 0 Å². The van der Waals surface area contributed by atoms with Crippen molar-refractivity contribution < 1.29 is 4.79 Å². The standard InChI is InChI=1S/C23H24N4O/c1-16-9-11-17(12-10-16)19-14-24-23(25-15-19)27-21-8-4-5-18(13-21)22(28)26-20-6-2-3-7-20/h4-5,8-15,20H,2-3,6-7H2,1H3,(H,26,28)(H,24,25,27). The van der Waals surface area contributed by atoms with E-state index in [0.29, 0.717) is 17.6 Å². The third-order valence-electron chi connectivity index (χ3n) is 5.11. The molecular formula is C23H24N4O. The molecule has 4 rings (SSSR count). The van der Waals surface area contributed by atoms with Crippen molar-refractivity contribution in [1.29, 1.82) is 0 Å². The predicted octanol–water partition coefficient (Wildman–Crippen LogP) is 4.87. The maximum atomic E-state index is 12.5. The van der Waals surface area contributed by atoms with E-state index >= 15 is 0 Å². The average Bonchev–Trinajstić information content (AvgIpc) is 3.22. The number of amides is 1.